The topological polar surface area (TPSA) is 67.2 Å². The van der Waals surface area contributed by atoms with Gasteiger partial charge in [-0.2, -0.15) is 0 Å². The number of anilines is 1. The first-order valence-electron chi connectivity index (χ1n) is 8.83. The molecule has 0 saturated carbocycles. The summed E-state index contributed by atoms with van der Waals surface area (Å²) in [5.74, 6) is -0.0539. The number of benzene rings is 1. The lowest BCUT2D eigenvalue weighted by atomic mass is 10.1. The van der Waals surface area contributed by atoms with Crippen LogP contribution in [0.4, 0.5) is 5.69 Å². The van der Waals surface area contributed by atoms with E-state index in [9.17, 15) is 9.59 Å². The average molecular weight is 340 g/mol. The molecule has 6 nitrogen and oxygen atoms in total. The van der Waals surface area contributed by atoms with Crippen LogP contribution in [0.15, 0.2) is 43.0 Å². The highest BCUT2D eigenvalue weighted by Crippen LogP contribution is 2.13. The monoisotopic (exact) mass is 340 g/mol. The molecule has 1 aliphatic rings. The molecule has 1 aliphatic heterocycles. The molecule has 0 aliphatic carbocycles. The number of nitrogens with zero attached hydrogens (tertiary/aromatic N) is 3. The Kier molecular flexibility index (Phi) is 5.82. The lowest BCUT2D eigenvalue weighted by Gasteiger charge is -2.24. The summed E-state index contributed by atoms with van der Waals surface area (Å²) in [6, 6.07) is 7.74. The van der Waals surface area contributed by atoms with E-state index in [1.54, 1.807) is 17.4 Å². The molecule has 6 heteroatoms. The van der Waals surface area contributed by atoms with Gasteiger partial charge >= 0.3 is 0 Å². The van der Waals surface area contributed by atoms with Crippen LogP contribution < -0.4 is 5.32 Å². The van der Waals surface area contributed by atoms with E-state index >= 15 is 0 Å². The summed E-state index contributed by atoms with van der Waals surface area (Å²) >= 11 is 0. The second-order valence-corrected chi connectivity index (χ2v) is 6.46. The number of carbonyl (C=O) groups excluding carboxylic acids is 2. The van der Waals surface area contributed by atoms with E-state index in [-0.39, 0.29) is 18.4 Å². The van der Waals surface area contributed by atoms with Crippen LogP contribution in [0.3, 0.4) is 0 Å². The van der Waals surface area contributed by atoms with Crippen molar-refractivity contribution in [3.05, 3.63) is 48.5 Å². The zero-order valence-corrected chi connectivity index (χ0v) is 14.4. The summed E-state index contributed by atoms with van der Waals surface area (Å²) in [7, 11) is 0. The van der Waals surface area contributed by atoms with Gasteiger partial charge in [-0.1, -0.05) is 25.0 Å². The molecule has 25 heavy (non-hydrogen) atoms. The number of rotatable bonds is 5. The molecule has 0 atom stereocenters. The summed E-state index contributed by atoms with van der Waals surface area (Å²) in [6.07, 6.45) is 10.1. The van der Waals surface area contributed by atoms with E-state index in [2.05, 4.69) is 10.3 Å². The summed E-state index contributed by atoms with van der Waals surface area (Å²) in [5.41, 5.74) is 1.88. The minimum atomic E-state index is -0.142. The maximum absolute atomic E-state index is 12.2. The van der Waals surface area contributed by atoms with Gasteiger partial charge in [-0.3, -0.25) is 9.59 Å². The molecule has 1 fully saturated rings. The summed E-state index contributed by atoms with van der Waals surface area (Å²) in [4.78, 5) is 30.0. The highest BCUT2D eigenvalue weighted by atomic mass is 16.2. The minimum absolute atomic E-state index is 0.0885. The fourth-order valence-corrected chi connectivity index (χ4v) is 3.04. The van der Waals surface area contributed by atoms with Crippen molar-refractivity contribution in [1.29, 1.82) is 0 Å². The van der Waals surface area contributed by atoms with Crippen molar-refractivity contribution < 1.29 is 9.59 Å². The Morgan fingerprint density at radius 3 is 2.68 bits per heavy atom. The molecule has 1 saturated heterocycles. The Morgan fingerprint density at radius 1 is 1.12 bits per heavy atom. The lowest BCUT2D eigenvalue weighted by molar-refractivity contribution is -0.135. The van der Waals surface area contributed by atoms with Crippen LogP contribution in [0.25, 0.3) is 0 Å². The van der Waals surface area contributed by atoms with Crippen molar-refractivity contribution >= 4 is 17.5 Å². The Balaban J connectivity index is 1.52. The van der Waals surface area contributed by atoms with Crippen LogP contribution in [0, 0.1) is 0 Å². The van der Waals surface area contributed by atoms with Gasteiger partial charge in [0.05, 0.1) is 12.9 Å². The van der Waals surface area contributed by atoms with Gasteiger partial charge in [0.25, 0.3) is 0 Å². The molecule has 0 unspecified atom stereocenters. The summed E-state index contributed by atoms with van der Waals surface area (Å²) in [5, 5.41) is 2.88. The fraction of sp³-hybridized carbons (Fsp3) is 0.421. The van der Waals surface area contributed by atoms with Crippen molar-refractivity contribution in [2.45, 2.75) is 38.6 Å². The van der Waals surface area contributed by atoms with Gasteiger partial charge in [0, 0.05) is 37.6 Å². The molecule has 1 N–H and O–H groups in total. The van der Waals surface area contributed by atoms with Crippen LogP contribution >= 0.6 is 0 Å². The van der Waals surface area contributed by atoms with Crippen molar-refractivity contribution in [3.63, 3.8) is 0 Å². The molecular formula is C19H24N4O2. The van der Waals surface area contributed by atoms with Crippen molar-refractivity contribution in [2.24, 2.45) is 0 Å². The predicted octanol–water partition coefficient (Wildman–Crippen LogP) is 2.66. The van der Waals surface area contributed by atoms with Crippen LogP contribution in [0.5, 0.6) is 0 Å². The number of carbonyl (C=O) groups is 2. The number of amides is 2. The number of imidazole rings is 1. The molecule has 2 heterocycles. The number of hydrogen-bond acceptors (Lipinski definition) is 3. The highest BCUT2D eigenvalue weighted by molar-refractivity contribution is 5.94. The van der Waals surface area contributed by atoms with Crippen LogP contribution in [-0.4, -0.2) is 39.4 Å². The van der Waals surface area contributed by atoms with Gasteiger partial charge in [-0.05, 0) is 30.5 Å². The second-order valence-electron chi connectivity index (χ2n) is 6.46. The standard InChI is InChI=1S/C19H24N4O2/c24-18(14-23-11-4-2-1-3-5-19(23)25)21-17-8-6-16(7-9-17)13-22-12-10-20-15-22/h6-10,12,15H,1-5,11,13-14H2,(H,21,24). The number of hydrogen-bond donors (Lipinski definition) is 1. The lowest BCUT2D eigenvalue weighted by Crippen LogP contribution is -2.39. The van der Waals surface area contributed by atoms with Crippen LogP contribution in [0.1, 0.15) is 37.7 Å². The van der Waals surface area contributed by atoms with E-state index < -0.39 is 0 Å². The number of likely N-dealkylation sites (tertiary alicyclic amines) is 1. The zero-order valence-electron chi connectivity index (χ0n) is 14.4. The SMILES string of the molecule is O=C(CN1CCCCCCC1=O)Nc1ccc(Cn2ccnc2)cc1. The molecule has 2 aromatic rings. The zero-order chi connectivity index (χ0) is 17.5. The highest BCUT2D eigenvalue weighted by Gasteiger charge is 2.18. The Bertz CT molecular complexity index is 695. The predicted molar refractivity (Wildman–Crippen MR) is 96.1 cm³/mol. The van der Waals surface area contributed by atoms with Gasteiger partial charge in [-0.15, -0.1) is 0 Å². The Morgan fingerprint density at radius 2 is 1.92 bits per heavy atom. The molecule has 0 bridgehead atoms. The van der Waals surface area contributed by atoms with Crippen molar-refractivity contribution in [2.75, 3.05) is 18.4 Å². The van der Waals surface area contributed by atoms with E-state index in [4.69, 9.17) is 0 Å². The van der Waals surface area contributed by atoms with E-state index in [1.807, 2.05) is 35.0 Å². The van der Waals surface area contributed by atoms with Crippen molar-refractivity contribution in [3.8, 4) is 0 Å². The van der Waals surface area contributed by atoms with Gasteiger partial charge in [-0.25, -0.2) is 4.98 Å². The minimum Gasteiger partial charge on any atom is -0.333 e. The maximum Gasteiger partial charge on any atom is 0.243 e. The molecule has 0 radical (unpaired) electrons. The fourth-order valence-electron chi connectivity index (χ4n) is 3.04. The number of nitrogens with one attached hydrogen (secondary N) is 1. The van der Waals surface area contributed by atoms with Crippen LogP contribution in [-0.2, 0) is 16.1 Å². The number of aromatic nitrogens is 2. The van der Waals surface area contributed by atoms with E-state index in [0.29, 0.717) is 13.0 Å². The van der Waals surface area contributed by atoms with Gasteiger partial charge in [0.15, 0.2) is 0 Å². The molecular weight excluding hydrogens is 316 g/mol. The third-order valence-electron chi connectivity index (χ3n) is 4.42. The third kappa shape index (κ3) is 5.17. The van der Waals surface area contributed by atoms with E-state index in [0.717, 1.165) is 43.5 Å². The smallest absolute Gasteiger partial charge is 0.243 e. The molecule has 1 aromatic heterocycles. The molecule has 0 spiro atoms. The largest absolute Gasteiger partial charge is 0.333 e. The molecule has 1 aromatic carbocycles. The second kappa shape index (κ2) is 8.46. The van der Waals surface area contributed by atoms with Gasteiger partial charge in [0.1, 0.15) is 0 Å². The quantitative estimate of drug-likeness (QED) is 0.910. The first kappa shape index (κ1) is 17.2. The summed E-state index contributed by atoms with van der Waals surface area (Å²) < 4.78 is 1.99. The summed E-state index contributed by atoms with van der Waals surface area (Å²) in [6.45, 7) is 1.56. The third-order valence-corrected chi connectivity index (χ3v) is 4.42. The molecule has 3 rings (SSSR count). The first-order chi connectivity index (χ1) is 12.2. The van der Waals surface area contributed by atoms with Crippen LogP contribution in [0.2, 0.25) is 0 Å². The van der Waals surface area contributed by atoms with E-state index in [1.165, 1.54) is 0 Å². The van der Waals surface area contributed by atoms with Crippen molar-refractivity contribution in [1.82, 2.24) is 14.5 Å². The Labute approximate surface area is 147 Å². The molecule has 132 valence electrons. The van der Waals surface area contributed by atoms with Gasteiger partial charge < -0.3 is 14.8 Å². The normalized spacial score (nSPS) is 15.5. The van der Waals surface area contributed by atoms with Gasteiger partial charge in [0.2, 0.25) is 11.8 Å². The first-order valence-corrected chi connectivity index (χ1v) is 8.83. The molecule has 2 amide bonds. The average Bonchev–Trinajstić information content (AvgIpc) is 3.09. The maximum atomic E-state index is 12.2. The Hall–Kier alpha value is -2.63.